The van der Waals surface area contributed by atoms with E-state index in [4.69, 9.17) is 0 Å². The number of fused-ring (bicyclic) bond motifs is 6. The maximum absolute atomic E-state index is 13.2. The highest BCUT2D eigenvalue weighted by Crippen LogP contribution is 2.37. The highest BCUT2D eigenvalue weighted by atomic mass is 32.2. The number of hydrogen-bond acceptors (Lipinski definition) is 8. The smallest absolute Gasteiger partial charge is 0.253 e. The van der Waals surface area contributed by atoms with E-state index in [1.807, 2.05) is 34.1 Å². The van der Waals surface area contributed by atoms with Crippen molar-refractivity contribution in [3.8, 4) is 0 Å². The van der Waals surface area contributed by atoms with Gasteiger partial charge in [-0.15, -0.1) is 0 Å². The Morgan fingerprint density at radius 2 is 1.12 bits per heavy atom. The van der Waals surface area contributed by atoms with Crippen molar-refractivity contribution in [2.75, 3.05) is 50.8 Å². The van der Waals surface area contributed by atoms with Gasteiger partial charge in [0, 0.05) is 105 Å². The molecule has 14 heteroatoms. The predicted molar refractivity (Wildman–Crippen MR) is 234 cm³/mol. The molecule has 59 heavy (non-hydrogen) atoms. The average Bonchev–Trinajstić information content (AvgIpc) is 3.99. The molecular formula is C45H62N6O6S2. The van der Waals surface area contributed by atoms with E-state index in [1.165, 1.54) is 29.7 Å². The number of nitrogens with one attached hydrogen (secondary N) is 1. The molecule has 2 aromatic heterocycles. The van der Waals surface area contributed by atoms with E-state index in [1.54, 1.807) is 30.0 Å². The lowest BCUT2D eigenvalue weighted by Crippen LogP contribution is -2.38. The number of likely N-dealkylation sites (tertiary alicyclic amines) is 2. The molecule has 0 spiro atoms. The molecule has 1 aliphatic carbocycles. The monoisotopic (exact) mass is 846 g/mol. The summed E-state index contributed by atoms with van der Waals surface area (Å²) < 4.78 is 54.6. The lowest BCUT2D eigenvalue weighted by atomic mass is 9.98. The highest BCUT2D eigenvalue weighted by Gasteiger charge is 2.33. The summed E-state index contributed by atoms with van der Waals surface area (Å²) in [4.78, 5) is 32.6. The maximum atomic E-state index is 13.2. The van der Waals surface area contributed by atoms with Crippen molar-refractivity contribution in [2.24, 2.45) is 11.8 Å². The molecule has 0 radical (unpaired) electrons. The number of nitrogens with zero attached hydrogens (tertiary/aromatic N) is 5. The van der Waals surface area contributed by atoms with Crippen LogP contribution >= 0.6 is 0 Å². The van der Waals surface area contributed by atoms with Crippen molar-refractivity contribution >= 4 is 53.7 Å². The molecular weight excluding hydrogens is 785 g/mol. The first-order valence-corrected chi connectivity index (χ1v) is 25.3. The maximum Gasteiger partial charge on any atom is 0.253 e. The molecule has 0 atom stereocenters. The minimum atomic E-state index is -3.42. The van der Waals surface area contributed by atoms with Gasteiger partial charge in [0.1, 0.15) is 0 Å². The van der Waals surface area contributed by atoms with Gasteiger partial charge in [0.25, 0.3) is 11.8 Å². The second-order valence-corrected chi connectivity index (χ2v) is 21.9. The lowest BCUT2D eigenvalue weighted by molar-refractivity contribution is 0.0689. The van der Waals surface area contributed by atoms with Crippen molar-refractivity contribution in [1.29, 1.82) is 0 Å². The molecule has 12 nitrogen and oxygen atoms in total. The number of piperidine rings is 2. The average molecular weight is 847 g/mol. The SMILES string of the molecule is CCS(=O)(=O)n1c2c(c3cc(C(=O)N4CCC(C)CC4)ccc31)CN(C1CCCC1)CC2.CCS(=O)(=O)n1c2c(c3cc(C(=O)N4CCC(C)CC4)ccc31)CNCC2. The molecule has 1 N–H and O–H groups in total. The fourth-order valence-corrected chi connectivity index (χ4v) is 12.6. The predicted octanol–water partition coefficient (Wildman–Crippen LogP) is 6.37. The zero-order valence-electron chi connectivity index (χ0n) is 35.3. The summed E-state index contributed by atoms with van der Waals surface area (Å²) in [6.45, 7) is 14.1. The van der Waals surface area contributed by atoms with Crippen LogP contribution in [-0.4, -0.2) is 108 Å². The van der Waals surface area contributed by atoms with Gasteiger partial charge >= 0.3 is 0 Å². The van der Waals surface area contributed by atoms with Crippen LogP contribution in [0.15, 0.2) is 36.4 Å². The van der Waals surface area contributed by atoms with E-state index < -0.39 is 20.0 Å². The fraction of sp³-hybridized carbons (Fsp3) is 0.600. The van der Waals surface area contributed by atoms with Gasteiger partial charge in [-0.2, -0.15) is 0 Å². The van der Waals surface area contributed by atoms with Gasteiger partial charge in [-0.05, 0) is 112 Å². The summed E-state index contributed by atoms with van der Waals surface area (Å²) in [5.74, 6) is 1.59. The van der Waals surface area contributed by atoms with E-state index in [0.717, 1.165) is 117 Å². The Balaban J connectivity index is 0.000000167. The van der Waals surface area contributed by atoms with Crippen molar-refractivity contribution in [1.82, 2.24) is 28.0 Å². The van der Waals surface area contributed by atoms with Crippen molar-refractivity contribution in [3.63, 3.8) is 0 Å². The lowest BCUT2D eigenvalue weighted by Gasteiger charge is -2.33. The second kappa shape index (κ2) is 17.0. The van der Waals surface area contributed by atoms with Crippen LogP contribution in [-0.2, 0) is 46.0 Å². The van der Waals surface area contributed by atoms with E-state index in [0.29, 0.717) is 47.5 Å². The standard InChI is InChI=1S/C25H35N3O3S.C20H27N3O3S/c1-3-32(30,31)28-23-9-8-19(25(29)26-13-10-18(2)11-14-26)16-21(23)22-17-27(15-12-24(22)28)20-6-4-5-7-20;1-3-27(25,26)23-18-5-4-15(20(24)22-10-7-14(2)8-11-22)12-16(18)17-13-21-9-6-19(17)23/h8-9,16,18,20H,3-7,10-15,17H2,1-2H3;4-5,12,14,21H,3,6-11,13H2,1-2H3. The molecule has 0 bridgehead atoms. The highest BCUT2D eigenvalue weighted by molar-refractivity contribution is 7.90. The van der Waals surface area contributed by atoms with Crippen LogP contribution in [0.2, 0.25) is 0 Å². The van der Waals surface area contributed by atoms with Crippen LogP contribution < -0.4 is 5.32 Å². The first kappa shape index (κ1) is 42.0. The fourth-order valence-electron chi connectivity index (χ4n) is 10.1. The Labute approximate surface area is 350 Å². The van der Waals surface area contributed by atoms with Crippen LogP contribution in [0.4, 0.5) is 0 Å². The number of aromatic nitrogens is 2. The van der Waals surface area contributed by atoms with E-state index in [2.05, 4.69) is 24.1 Å². The summed E-state index contributed by atoms with van der Waals surface area (Å²) in [6.07, 6.45) is 10.6. The summed E-state index contributed by atoms with van der Waals surface area (Å²) in [7, 11) is -6.81. The zero-order valence-corrected chi connectivity index (χ0v) is 37.0. The van der Waals surface area contributed by atoms with Gasteiger partial charge in [-0.1, -0.05) is 26.7 Å². The molecule has 2 aromatic carbocycles. The summed E-state index contributed by atoms with van der Waals surface area (Å²) in [5.41, 5.74) is 6.65. The third kappa shape index (κ3) is 8.11. The van der Waals surface area contributed by atoms with Crippen LogP contribution in [0.5, 0.6) is 0 Å². The molecule has 1 saturated carbocycles. The molecule has 2 amide bonds. The third-order valence-corrected chi connectivity index (χ3v) is 17.3. The summed E-state index contributed by atoms with van der Waals surface area (Å²) in [6, 6.07) is 11.7. The molecule has 0 unspecified atom stereocenters. The number of benzene rings is 2. The molecule has 320 valence electrons. The van der Waals surface area contributed by atoms with Crippen LogP contribution in [0, 0.1) is 11.8 Å². The normalized spacial score (nSPS) is 20.1. The first-order valence-electron chi connectivity index (χ1n) is 22.1. The number of hydrogen-bond donors (Lipinski definition) is 1. The minimum absolute atomic E-state index is 0.0485. The number of carbonyl (C=O) groups excluding carboxylic acids is 2. The van der Waals surface area contributed by atoms with E-state index in [-0.39, 0.29) is 23.3 Å². The summed E-state index contributed by atoms with van der Waals surface area (Å²) in [5, 5.41) is 5.15. The van der Waals surface area contributed by atoms with E-state index in [9.17, 15) is 26.4 Å². The van der Waals surface area contributed by atoms with Gasteiger partial charge in [-0.25, -0.2) is 24.8 Å². The Bertz CT molecular complexity index is 2450. The molecule has 4 aliphatic heterocycles. The number of rotatable bonds is 7. The van der Waals surface area contributed by atoms with Gasteiger partial charge in [0.2, 0.25) is 20.0 Å². The van der Waals surface area contributed by atoms with Gasteiger partial charge in [0.05, 0.1) is 22.5 Å². The van der Waals surface area contributed by atoms with Crippen molar-refractivity contribution in [3.05, 3.63) is 70.0 Å². The largest absolute Gasteiger partial charge is 0.339 e. The minimum Gasteiger partial charge on any atom is -0.339 e. The van der Waals surface area contributed by atoms with Gasteiger partial charge in [-0.3, -0.25) is 14.5 Å². The van der Waals surface area contributed by atoms with Gasteiger partial charge in [0.15, 0.2) is 0 Å². The van der Waals surface area contributed by atoms with Crippen molar-refractivity contribution < 1.29 is 26.4 Å². The molecule has 9 rings (SSSR count). The topological polar surface area (TPSA) is 134 Å². The molecule has 6 heterocycles. The second-order valence-electron chi connectivity index (χ2n) is 17.7. The Hall–Kier alpha value is -3.72. The Morgan fingerprint density at radius 3 is 1.61 bits per heavy atom. The quantitative estimate of drug-likeness (QED) is 0.227. The summed E-state index contributed by atoms with van der Waals surface area (Å²) >= 11 is 0. The number of carbonyl (C=O) groups is 2. The Morgan fingerprint density at radius 1 is 0.644 bits per heavy atom. The first-order chi connectivity index (χ1) is 28.3. The Kier molecular flexibility index (Phi) is 12.1. The van der Waals surface area contributed by atoms with Crippen LogP contribution in [0.25, 0.3) is 21.8 Å². The van der Waals surface area contributed by atoms with E-state index >= 15 is 0 Å². The molecule has 3 fully saturated rings. The zero-order chi connectivity index (χ0) is 41.6. The molecule has 4 aromatic rings. The van der Waals surface area contributed by atoms with Crippen LogP contribution in [0.3, 0.4) is 0 Å². The van der Waals surface area contributed by atoms with Crippen molar-refractivity contribution in [2.45, 2.75) is 111 Å². The van der Waals surface area contributed by atoms with Gasteiger partial charge < -0.3 is 15.1 Å². The van der Waals surface area contributed by atoms with Crippen LogP contribution in [0.1, 0.15) is 122 Å². The number of amides is 2. The molecule has 5 aliphatic rings. The third-order valence-electron chi connectivity index (χ3n) is 13.9. The molecule has 2 saturated heterocycles.